The topological polar surface area (TPSA) is 35.2 Å². The first-order valence-corrected chi connectivity index (χ1v) is 7.51. The van der Waals surface area contributed by atoms with Crippen molar-refractivity contribution in [3.8, 4) is 5.75 Å². The lowest BCUT2D eigenvalue weighted by Crippen LogP contribution is -2.33. The van der Waals surface area contributed by atoms with Gasteiger partial charge in [-0.05, 0) is 43.0 Å². The molecular formula is C19H25NO. The van der Waals surface area contributed by atoms with Crippen LogP contribution in [-0.2, 0) is 5.41 Å². The molecule has 2 aromatic rings. The Hall–Kier alpha value is -1.80. The predicted octanol–water partition coefficient (Wildman–Crippen LogP) is 3.99. The Morgan fingerprint density at radius 1 is 1.00 bits per heavy atom. The van der Waals surface area contributed by atoms with Crippen molar-refractivity contribution in [1.29, 1.82) is 0 Å². The highest BCUT2D eigenvalue weighted by molar-refractivity contribution is 5.38. The second-order valence-electron chi connectivity index (χ2n) is 5.93. The molecule has 2 nitrogen and oxygen atoms in total. The Labute approximate surface area is 127 Å². The number of benzene rings is 2. The van der Waals surface area contributed by atoms with Crippen molar-refractivity contribution >= 4 is 0 Å². The van der Waals surface area contributed by atoms with E-state index in [-0.39, 0.29) is 5.41 Å². The Bertz CT molecular complexity index is 579. The van der Waals surface area contributed by atoms with Crippen molar-refractivity contribution < 1.29 is 4.74 Å². The minimum Gasteiger partial charge on any atom is -0.493 e. The van der Waals surface area contributed by atoms with Gasteiger partial charge in [-0.3, -0.25) is 0 Å². The molecule has 112 valence electrons. The first kappa shape index (κ1) is 15.6. The summed E-state index contributed by atoms with van der Waals surface area (Å²) in [6.45, 7) is 7.70. The minimum atomic E-state index is -0.0427. The Kier molecular flexibility index (Phi) is 5.03. The van der Waals surface area contributed by atoms with Gasteiger partial charge in [-0.2, -0.15) is 0 Å². The van der Waals surface area contributed by atoms with E-state index in [0.717, 1.165) is 12.2 Å². The average molecular weight is 283 g/mol. The maximum atomic E-state index is 6.02. The lowest BCUT2D eigenvalue weighted by Gasteiger charge is -2.28. The van der Waals surface area contributed by atoms with E-state index in [1.807, 2.05) is 18.2 Å². The van der Waals surface area contributed by atoms with Crippen LogP contribution in [0.15, 0.2) is 48.5 Å². The van der Waals surface area contributed by atoms with Gasteiger partial charge in [0.15, 0.2) is 0 Å². The van der Waals surface area contributed by atoms with Crippen LogP contribution < -0.4 is 10.5 Å². The average Bonchev–Trinajstić information content (AvgIpc) is 2.52. The highest BCUT2D eigenvalue weighted by Gasteiger charge is 2.24. The summed E-state index contributed by atoms with van der Waals surface area (Å²) in [5.41, 5.74) is 9.73. The molecule has 0 radical (unpaired) electrons. The van der Waals surface area contributed by atoms with Crippen LogP contribution in [0.1, 0.15) is 30.0 Å². The summed E-state index contributed by atoms with van der Waals surface area (Å²) in [6.07, 6.45) is 0.904. The van der Waals surface area contributed by atoms with E-state index in [1.54, 1.807) is 0 Å². The molecular weight excluding hydrogens is 258 g/mol. The van der Waals surface area contributed by atoms with Crippen LogP contribution in [0.5, 0.6) is 5.75 Å². The van der Waals surface area contributed by atoms with Crippen LogP contribution >= 0.6 is 0 Å². The quantitative estimate of drug-likeness (QED) is 0.870. The van der Waals surface area contributed by atoms with Crippen molar-refractivity contribution in [2.24, 2.45) is 5.73 Å². The molecule has 0 fully saturated rings. The lowest BCUT2D eigenvalue weighted by molar-refractivity contribution is 0.265. The van der Waals surface area contributed by atoms with Crippen LogP contribution in [0.4, 0.5) is 0 Å². The van der Waals surface area contributed by atoms with E-state index in [2.05, 4.69) is 51.1 Å². The third kappa shape index (κ3) is 3.64. The number of hydrogen-bond acceptors (Lipinski definition) is 2. The molecule has 2 heteroatoms. The molecule has 1 atom stereocenters. The fourth-order valence-corrected chi connectivity index (χ4v) is 2.47. The SMILES string of the molecule is Cc1cccc(OCCC(C)(CN)c2ccccc2)c1C. The van der Waals surface area contributed by atoms with Gasteiger partial charge < -0.3 is 10.5 Å². The van der Waals surface area contributed by atoms with Crippen molar-refractivity contribution in [1.82, 2.24) is 0 Å². The summed E-state index contributed by atoms with van der Waals surface area (Å²) in [5, 5.41) is 0. The van der Waals surface area contributed by atoms with Crippen LogP contribution in [0.3, 0.4) is 0 Å². The van der Waals surface area contributed by atoms with Crippen molar-refractivity contribution in [2.45, 2.75) is 32.6 Å². The van der Waals surface area contributed by atoms with Gasteiger partial charge in [-0.25, -0.2) is 0 Å². The zero-order valence-corrected chi connectivity index (χ0v) is 13.2. The number of rotatable bonds is 6. The van der Waals surface area contributed by atoms with Crippen molar-refractivity contribution in [2.75, 3.05) is 13.2 Å². The molecule has 0 spiro atoms. The molecule has 0 aromatic heterocycles. The summed E-state index contributed by atoms with van der Waals surface area (Å²) in [5.74, 6) is 0.974. The van der Waals surface area contributed by atoms with E-state index >= 15 is 0 Å². The van der Waals surface area contributed by atoms with E-state index in [4.69, 9.17) is 10.5 Å². The first-order chi connectivity index (χ1) is 10.1. The Morgan fingerprint density at radius 3 is 2.38 bits per heavy atom. The van der Waals surface area contributed by atoms with Gasteiger partial charge in [0.05, 0.1) is 6.61 Å². The monoisotopic (exact) mass is 283 g/mol. The predicted molar refractivity (Wildman–Crippen MR) is 88.9 cm³/mol. The molecule has 0 bridgehead atoms. The maximum Gasteiger partial charge on any atom is 0.122 e. The van der Waals surface area contributed by atoms with Gasteiger partial charge in [0.1, 0.15) is 5.75 Å². The zero-order chi connectivity index (χ0) is 15.3. The molecule has 0 heterocycles. The molecule has 2 aromatic carbocycles. The fourth-order valence-electron chi connectivity index (χ4n) is 2.47. The first-order valence-electron chi connectivity index (χ1n) is 7.51. The molecule has 0 saturated heterocycles. The normalized spacial score (nSPS) is 13.7. The third-order valence-corrected chi connectivity index (χ3v) is 4.39. The molecule has 0 saturated carbocycles. The number of hydrogen-bond donors (Lipinski definition) is 1. The summed E-state index contributed by atoms with van der Waals surface area (Å²) in [6, 6.07) is 16.6. The summed E-state index contributed by atoms with van der Waals surface area (Å²) < 4.78 is 5.98. The summed E-state index contributed by atoms with van der Waals surface area (Å²) >= 11 is 0. The van der Waals surface area contributed by atoms with Crippen LogP contribution in [-0.4, -0.2) is 13.2 Å². The van der Waals surface area contributed by atoms with Crippen LogP contribution in [0, 0.1) is 13.8 Å². The van der Waals surface area contributed by atoms with E-state index < -0.39 is 0 Å². The number of aryl methyl sites for hydroxylation is 1. The highest BCUT2D eigenvalue weighted by atomic mass is 16.5. The molecule has 0 amide bonds. The zero-order valence-electron chi connectivity index (χ0n) is 13.2. The Morgan fingerprint density at radius 2 is 1.71 bits per heavy atom. The van der Waals surface area contributed by atoms with Gasteiger partial charge in [0.2, 0.25) is 0 Å². The molecule has 21 heavy (non-hydrogen) atoms. The lowest BCUT2D eigenvalue weighted by atomic mass is 9.80. The van der Waals surface area contributed by atoms with Crippen molar-refractivity contribution in [3.05, 3.63) is 65.2 Å². The molecule has 0 aliphatic heterocycles. The smallest absolute Gasteiger partial charge is 0.122 e. The maximum absolute atomic E-state index is 6.02. The van der Waals surface area contributed by atoms with Crippen molar-refractivity contribution in [3.63, 3.8) is 0 Å². The van der Waals surface area contributed by atoms with Gasteiger partial charge >= 0.3 is 0 Å². The summed E-state index contributed by atoms with van der Waals surface area (Å²) in [4.78, 5) is 0. The number of ether oxygens (including phenoxy) is 1. The molecule has 2 rings (SSSR count). The molecule has 0 aliphatic carbocycles. The molecule has 2 N–H and O–H groups in total. The Balaban J connectivity index is 2.03. The highest BCUT2D eigenvalue weighted by Crippen LogP contribution is 2.27. The third-order valence-electron chi connectivity index (χ3n) is 4.39. The van der Waals surface area contributed by atoms with Gasteiger partial charge in [-0.1, -0.05) is 49.4 Å². The largest absolute Gasteiger partial charge is 0.493 e. The van der Waals surface area contributed by atoms with Crippen LogP contribution in [0.25, 0.3) is 0 Å². The summed E-state index contributed by atoms with van der Waals surface area (Å²) in [7, 11) is 0. The van der Waals surface area contributed by atoms with Gasteiger partial charge in [0, 0.05) is 12.0 Å². The van der Waals surface area contributed by atoms with E-state index in [0.29, 0.717) is 13.2 Å². The fraction of sp³-hybridized carbons (Fsp3) is 0.368. The second kappa shape index (κ2) is 6.77. The molecule has 0 aliphatic rings. The number of nitrogens with two attached hydrogens (primary N) is 1. The van der Waals surface area contributed by atoms with Crippen LogP contribution in [0.2, 0.25) is 0 Å². The second-order valence-corrected chi connectivity index (χ2v) is 5.93. The minimum absolute atomic E-state index is 0.0427. The van der Waals surface area contributed by atoms with E-state index in [9.17, 15) is 0 Å². The standard InChI is InChI=1S/C19H25NO/c1-15-8-7-11-18(16(15)2)21-13-12-19(3,14-20)17-9-5-4-6-10-17/h4-11H,12-14,20H2,1-3H3. The van der Waals surface area contributed by atoms with Gasteiger partial charge in [0.25, 0.3) is 0 Å². The molecule has 1 unspecified atom stereocenters. The van der Waals surface area contributed by atoms with Gasteiger partial charge in [-0.15, -0.1) is 0 Å². The van der Waals surface area contributed by atoms with E-state index in [1.165, 1.54) is 16.7 Å².